The zero-order valence-corrected chi connectivity index (χ0v) is 47.5. The predicted octanol–water partition coefficient (Wildman–Crippen LogP) is 21.0. The standard InChI is InChI=1S/C65H118O6/c1-4-7-10-13-16-19-22-25-28-30-31-32-33-35-37-40-43-46-49-52-55-58-64(67)70-61-62(60-69-63(66)57-54-51-48-45-42-39-36-27-24-21-18-15-12-9-6-3)71-65(68)59-56-53-50-47-44-41-38-34-29-26-23-20-17-14-11-8-5-2/h9,12,18,21,27,36,42,45,62H,4-8,10-11,13-17,19-20,22-26,28-35,37-41,43-44,46-61H2,1-3H3/b12-9-,21-18-,36-27-,45-42-/t62-/m1/s1. The van der Waals surface area contributed by atoms with Crippen molar-refractivity contribution in [2.45, 2.75) is 335 Å². The normalized spacial score (nSPS) is 12.3. The molecule has 0 unspecified atom stereocenters. The first-order chi connectivity index (χ1) is 35.0. The molecule has 0 radical (unpaired) electrons. The molecule has 0 saturated carbocycles. The van der Waals surface area contributed by atoms with Crippen molar-refractivity contribution in [2.75, 3.05) is 13.2 Å². The van der Waals surface area contributed by atoms with Crippen LogP contribution in [0.15, 0.2) is 48.6 Å². The SMILES string of the molecule is CC/C=C\C/C=C\C/C=C\C/C=C\CCCCC(=O)OC[C@H](COC(=O)CCCCCCCCCCCCCCCCCCCCCCC)OC(=O)CCCCCCCCCCCCCCCCCCC. The van der Waals surface area contributed by atoms with E-state index in [2.05, 4.69) is 69.4 Å². The molecular weight excluding hydrogens is 877 g/mol. The average Bonchev–Trinajstić information content (AvgIpc) is 3.37. The second-order valence-electron chi connectivity index (χ2n) is 21.0. The summed E-state index contributed by atoms with van der Waals surface area (Å²) in [5.41, 5.74) is 0. The van der Waals surface area contributed by atoms with Gasteiger partial charge in [-0.25, -0.2) is 0 Å². The van der Waals surface area contributed by atoms with Gasteiger partial charge in [-0.3, -0.25) is 14.4 Å². The minimum absolute atomic E-state index is 0.0814. The van der Waals surface area contributed by atoms with E-state index in [1.807, 2.05) is 0 Å². The summed E-state index contributed by atoms with van der Waals surface area (Å²) < 4.78 is 16.9. The van der Waals surface area contributed by atoms with E-state index >= 15 is 0 Å². The molecule has 0 bridgehead atoms. The minimum atomic E-state index is -0.787. The summed E-state index contributed by atoms with van der Waals surface area (Å²) in [7, 11) is 0. The van der Waals surface area contributed by atoms with Crippen LogP contribution in [0.2, 0.25) is 0 Å². The van der Waals surface area contributed by atoms with E-state index in [1.54, 1.807) is 0 Å². The molecule has 6 nitrogen and oxygen atoms in total. The van der Waals surface area contributed by atoms with Gasteiger partial charge in [-0.2, -0.15) is 0 Å². The molecule has 0 aliphatic rings. The molecule has 0 amide bonds. The molecule has 0 saturated heterocycles. The molecule has 0 N–H and O–H groups in total. The van der Waals surface area contributed by atoms with Gasteiger partial charge in [0.25, 0.3) is 0 Å². The third-order valence-electron chi connectivity index (χ3n) is 13.8. The Bertz CT molecular complexity index is 1230. The zero-order chi connectivity index (χ0) is 51.4. The summed E-state index contributed by atoms with van der Waals surface area (Å²) in [5.74, 6) is -0.903. The van der Waals surface area contributed by atoms with Crippen LogP contribution in [-0.4, -0.2) is 37.2 Å². The molecule has 71 heavy (non-hydrogen) atoms. The molecule has 0 aliphatic carbocycles. The maximum Gasteiger partial charge on any atom is 0.306 e. The van der Waals surface area contributed by atoms with Gasteiger partial charge < -0.3 is 14.2 Å². The maximum atomic E-state index is 12.9. The Labute approximate surface area is 441 Å². The number of ether oxygens (including phenoxy) is 3. The number of hydrogen-bond acceptors (Lipinski definition) is 6. The molecule has 0 rings (SSSR count). The smallest absolute Gasteiger partial charge is 0.306 e. The van der Waals surface area contributed by atoms with Crippen molar-refractivity contribution in [1.82, 2.24) is 0 Å². The Balaban J connectivity index is 4.34. The van der Waals surface area contributed by atoms with Crippen molar-refractivity contribution in [2.24, 2.45) is 0 Å². The van der Waals surface area contributed by atoms with E-state index < -0.39 is 6.10 Å². The van der Waals surface area contributed by atoms with Gasteiger partial charge in [0.2, 0.25) is 0 Å². The van der Waals surface area contributed by atoms with Crippen molar-refractivity contribution in [3.63, 3.8) is 0 Å². The van der Waals surface area contributed by atoms with Crippen molar-refractivity contribution in [1.29, 1.82) is 0 Å². The lowest BCUT2D eigenvalue weighted by Gasteiger charge is -2.18. The lowest BCUT2D eigenvalue weighted by atomic mass is 10.0. The summed E-state index contributed by atoms with van der Waals surface area (Å²) in [6, 6.07) is 0. The van der Waals surface area contributed by atoms with Crippen LogP contribution in [0, 0.1) is 0 Å². The fraction of sp³-hybridized carbons (Fsp3) is 0.831. The topological polar surface area (TPSA) is 78.9 Å². The predicted molar refractivity (Wildman–Crippen MR) is 307 cm³/mol. The molecule has 1 atom stereocenters. The maximum absolute atomic E-state index is 12.9. The Morgan fingerprint density at radius 3 is 0.859 bits per heavy atom. The van der Waals surface area contributed by atoms with Crippen LogP contribution in [0.3, 0.4) is 0 Å². The summed E-state index contributed by atoms with van der Waals surface area (Å²) in [6.45, 7) is 6.55. The number of unbranched alkanes of at least 4 members (excludes halogenated alkanes) is 38. The zero-order valence-electron chi connectivity index (χ0n) is 47.5. The van der Waals surface area contributed by atoms with Crippen molar-refractivity contribution in [3.8, 4) is 0 Å². The molecular formula is C65H118O6. The number of allylic oxidation sites excluding steroid dienone is 8. The number of carbonyl (C=O) groups is 3. The van der Waals surface area contributed by atoms with E-state index in [1.165, 1.54) is 205 Å². The molecule has 0 heterocycles. The highest BCUT2D eigenvalue weighted by molar-refractivity contribution is 5.71. The fourth-order valence-corrected chi connectivity index (χ4v) is 9.20. The minimum Gasteiger partial charge on any atom is -0.462 e. The molecule has 414 valence electrons. The lowest BCUT2D eigenvalue weighted by Crippen LogP contribution is -2.30. The van der Waals surface area contributed by atoms with Crippen LogP contribution in [0.25, 0.3) is 0 Å². The molecule has 0 aromatic rings. The van der Waals surface area contributed by atoms with Crippen LogP contribution in [0.5, 0.6) is 0 Å². The Morgan fingerprint density at radius 2 is 0.549 bits per heavy atom. The van der Waals surface area contributed by atoms with Gasteiger partial charge in [0, 0.05) is 19.3 Å². The average molecular weight is 996 g/mol. The number of rotatable bonds is 57. The lowest BCUT2D eigenvalue weighted by molar-refractivity contribution is -0.167. The first-order valence-corrected chi connectivity index (χ1v) is 31.1. The van der Waals surface area contributed by atoms with Crippen molar-refractivity contribution >= 4 is 17.9 Å². The van der Waals surface area contributed by atoms with Crippen LogP contribution >= 0.6 is 0 Å². The second-order valence-corrected chi connectivity index (χ2v) is 21.0. The monoisotopic (exact) mass is 995 g/mol. The van der Waals surface area contributed by atoms with Gasteiger partial charge in [-0.15, -0.1) is 0 Å². The van der Waals surface area contributed by atoms with Gasteiger partial charge in [-0.1, -0.05) is 301 Å². The van der Waals surface area contributed by atoms with E-state index in [4.69, 9.17) is 14.2 Å². The number of hydrogen-bond donors (Lipinski definition) is 0. The largest absolute Gasteiger partial charge is 0.462 e. The molecule has 0 aromatic carbocycles. The van der Waals surface area contributed by atoms with E-state index in [0.717, 1.165) is 83.5 Å². The quantitative estimate of drug-likeness (QED) is 0.0261. The van der Waals surface area contributed by atoms with Crippen molar-refractivity contribution < 1.29 is 28.6 Å². The fourth-order valence-electron chi connectivity index (χ4n) is 9.20. The van der Waals surface area contributed by atoms with Crippen LogP contribution < -0.4 is 0 Å². The summed E-state index contributed by atoms with van der Waals surface area (Å²) in [5, 5.41) is 0. The second kappa shape index (κ2) is 59.9. The first-order valence-electron chi connectivity index (χ1n) is 31.1. The Kier molecular flexibility index (Phi) is 57.7. The highest BCUT2D eigenvalue weighted by Crippen LogP contribution is 2.18. The van der Waals surface area contributed by atoms with Crippen molar-refractivity contribution in [3.05, 3.63) is 48.6 Å². The highest BCUT2D eigenvalue weighted by atomic mass is 16.6. The molecule has 0 fully saturated rings. The van der Waals surface area contributed by atoms with Gasteiger partial charge in [0.1, 0.15) is 13.2 Å². The third kappa shape index (κ3) is 58.1. The van der Waals surface area contributed by atoms with E-state index in [-0.39, 0.29) is 31.1 Å². The van der Waals surface area contributed by atoms with E-state index in [9.17, 15) is 14.4 Å². The van der Waals surface area contributed by atoms with Crippen LogP contribution in [-0.2, 0) is 28.6 Å². The number of carbonyl (C=O) groups excluding carboxylic acids is 3. The highest BCUT2D eigenvalue weighted by Gasteiger charge is 2.19. The van der Waals surface area contributed by atoms with Gasteiger partial charge in [0.05, 0.1) is 0 Å². The van der Waals surface area contributed by atoms with Crippen LogP contribution in [0.4, 0.5) is 0 Å². The first kappa shape index (κ1) is 68.4. The molecule has 6 heteroatoms. The van der Waals surface area contributed by atoms with Gasteiger partial charge in [0.15, 0.2) is 6.10 Å². The summed E-state index contributed by atoms with van der Waals surface area (Å²) in [6.07, 6.45) is 74.1. The number of esters is 3. The molecule has 0 aromatic heterocycles. The Hall–Kier alpha value is -2.63. The Morgan fingerprint density at radius 1 is 0.296 bits per heavy atom. The van der Waals surface area contributed by atoms with E-state index in [0.29, 0.717) is 19.3 Å². The summed E-state index contributed by atoms with van der Waals surface area (Å²) in [4.78, 5) is 38.2. The summed E-state index contributed by atoms with van der Waals surface area (Å²) >= 11 is 0. The van der Waals surface area contributed by atoms with Crippen LogP contribution in [0.1, 0.15) is 329 Å². The third-order valence-corrected chi connectivity index (χ3v) is 13.8. The molecule has 0 aliphatic heterocycles. The van der Waals surface area contributed by atoms with Gasteiger partial charge in [-0.05, 0) is 57.8 Å². The molecule has 0 spiro atoms. The van der Waals surface area contributed by atoms with Gasteiger partial charge >= 0.3 is 17.9 Å².